The summed E-state index contributed by atoms with van der Waals surface area (Å²) < 4.78 is 27.9. The van der Waals surface area contributed by atoms with Gasteiger partial charge < -0.3 is 29.3 Å². The molecule has 2 unspecified atom stereocenters. The summed E-state index contributed by atoms with van der Waals surface area (Å²) in [6.07, 6.45) is 11.2. The number of likely N-dealkylation sites (N-methyl/N-ethyl adjacent to an activating group) is 1. The van der Waals surface area contributed by atoms with Crippen LogP contribution in [0.4, 0.5) is 0 Å². The van der Waals surface area contributed by atoms with Crippen molar-refractivity contribution in [3.05, 3.63) is 35.8 Å². The molecule has 304 valence electrons. The number of aromatic nitrogens is 2. The van der Waals surface area contributed by atoms with Crippen molar-refractivity contribution < 1.29 is 37.7 Å². The van der Waals surface area contributed by atoms with Gasteiger partial charge in [0.2, 0.25) is 12.3 Å². The van der Waals surface area contributed by atoms with Crippen LogP contribution >= 0.6 is 0 Å². The second-order valence-electron chi connectivity index (χ2n) is 15.8. The number of carbonyl (C=O) groups excluding carboxylic acids is 5. The molecule has 2 aromatic rings. The number of unbranched alkanes of at least 4 members (excludes halogenated alkanes) is 1. The van der Waals surface area contributed by atoms with Crippen LogP contribution in [0.15, 0.2) is 24.5 Å². The molecule has 54 heavy (non-hydrogen) atoms. The van der Waals surface area contributed by atoms with E-state index in [-0.39, 0.29) is 28.8 Å². The van der Waals surface area contributed by atoms with Gasteiger partial charge in [-0.05, 0) is 75.5 Å². The van der Waals surface area contributed by atoms with Crippen molar-refractivity contribution in [1.29, 1.82) is 0 Å². The maximum absolute atomic E-state index is 13.4. The Labute approximate surface area is 323 Å². The Balaban J connectivity index is 0.000000892. The van der Waals surface area contributed by atoms with Gasteiger partial charge in [0.05, 0.1) is 24.4 Å². The second kappa shape index (κ2) is 22.6. The molecule has 0 radical (unpaired) electrons. The summed E-state index contributed by atoms with van der Waals surface area (Å²) in [5.74, 6) is -0.460. The third kappa shape index (κ3) is 15.6. The number of amides is 3. The number of aldehydes is 1. The summed E-state index contributed by atoms with van der Waals surface area (Å²) in [6.45, 7) is 15.7. The Kier molecular flexibility index (Phi) is 19.5. The van der Waals surface area contributed by atoms with Crippen LogP contribution < -0.4 is 15.4 Å². The minimum Gasteiger partial charge on any atom is -0.456 e. The topological polar surface area (TPSA) is 178 Å². The maximum atomic E-state index is 13.4. The van der Waals surface area contributed by atoms with E-state index < -0.39 is 40.5 Å². The van der Waals surface area contributed by atoms with E-state index in [1.54, 1.807) is 27.3 Å². The van der Waals surface area contributed by atoms with Gasteiger partial charge in [-0.25, -0.2) is 14.0 Å². The smallest absolute Gasteiger partial charge is 0.358 e. The Morgan fingerprint density at radius 1 is 1.11 bits per heavy atom. The zero-order valence-corrected chi connectivity index (χ0v) is 34.6. The lowest BCUT2D eigenvalue weighted by Gasteiger charge is -2.31. The number of carbonyl (C=O) groups is 5. The van der Waals surface area contributed by atoms with E-state index in [2.05, 4.69) is 55.0 Å². The average Bonchev–Trinajstić information content (AvgIpc) is 3.75. The van der Waals surface area contributed by atoms with Crippen molar-refractivity contribution in [2.45, 2.75) is 129 Å². The zero-order chi connectivity index (χ0) is 40.5. The van der Waals surface area contributed by atoms with Crippen molar-refractivity contribution in [2.24, 2.45) is 11.3 Å². The number of esters is 1. The van der Waals surface area contributed by atoms with Crippen LogP contribution in [0, 0.1) is 11.3 Å². The van der Waals surface area contributed by atoms with Gasteiger partial charge in [0.25, 0.3) is 5.91 Å². The number of fused-ring (bicyclic) bond motifs is 1. The predicted octanol–water partition coefficient (Wildman–Crippen LogP) is 4.16. The van der Waals surface area contributed by atoms with Gasteiger partial charge in [0.1, 0.15) is 34.6 Å². The molecule has 3 N–H and O–H groups in total. The minimum absolute atomic E-state index is 0.000286. The number of hydrogen-bond acceptors (Lipinski definition) is 10. The molecule has 1 saturated heterocycles. The number of nitrogens with one attached hydrogen (secondary N) is 3. The summed E-state index contributed by atoms with van der Waals surface area (Å²) in [6, 6.07) is 3.43. The minimum atomic E-state index is -1.44. The van der Waals surface area contributed by atoms with E-state index in [9.17, 15) is 28.2 Å². The third-order valence-corrected chi connectivity index (χ3v) is 10.4. The van der Waals surface area contributed by atoms with Crippen molar-refractivity contribution in [3.8, 4) is 0 Å². The lowest BCUT2D eigenvalue weighted by Crippen LogP contribution is -2.60. The zero-order valence-electron chi connectivity index (χ0n) is 33.8. The number of likely N-dealkylation sites (tertiary alicyclic amines) is 1. The van der Waals surface area contributed by atoms with E-state index >= 15 is 0 Å². The monoisotopic (exact) mass is 776 g/mol. The van der Waals surface area contributed by atoms with Gasteiger partial charge in [-0.2, -0.15) is 0 Å². The molecule has 2 aliphatic rings. The van der Waals surface area contributed by atoms with Crippen LogP contribution in [0.5, 0.6) is 0 Å². The molecule has 1 saturated carbocycles. The first-order valence-corrected chi connectivity index (χ1v) is 20.2. The summed E-state index contributed by atoms with van der Waals surface area (Å²) in [5.41, 5.74) is 0.992. The number of pyridine rings is 1. The van der Waals surface area contributed by atoms with Crippen LogP contribution in [0.2, 0.25) is 0 Å². The van der Waals surface area contributed by atoms with Crippen molar-refractivity contribution >= 4 is 47.1 Å². The first-order chi connectivity index (χ1) is 25.5. The van der Waals surface area contributed by atoms with E-state index in [1.165, 1.54) is 0 Å². The van der Waals surface area contributed by atoms with Crippen LogP contribution in [0.1, 0.15) is 116 Å². The van der Waals surface area contributed by atoms with Gasteiger partial charge in [0.15, 0.2) is 5.69 Å². The summed E-state index contributed by atoms with van der Waals surface area (Å²) in [7, 11) is 2.09. The van der Waals surface area contributed by atoms with Crippen LogP contribution in [0.3, 0.4) is 0 Å². The standard InChI is InChI=1S/C32H49N5O6S.C4H10.C3H5NO2/c1-7-15-32(4,30(40)35-44(41)24-13-14-24)34-28(38)26-18-23(19-36(26)5)43-29(39)25-20-37-17-10-12-22(27(37)33-25)11-8-9-16-31(2,3)21-42-6;1-4(2)3;5-2-1-4-3-6/h10,12,17,20,23-24,26H,7-9,11,13-16,18-19,21H2,1-6H3,(H,34,38)(H,35,40);4H,1-3H3;2-3H,1H2,(H,4,6)/t23-,26?,32-,44?;;/m1../s1. The Morgan fingerprint density at radius 2 is 1.80 bits per heavy atom. The largest absolute Gasteiger partial charge is 0.456 e. The van der Waals surface area contributed by atoms with Gasteiger partial charge in [-0.15, -0.1) is 0 Å². The quantitative estimate of drug-likeness (QED) is 0.107. The molecule has 1 aliphatic heterocycles. The molecular weight excluding hydrogens is 713 g/mol. The first-order valence-electron chi connectivity index (χ1n) is 19.0. The van der Waals surface area contributed by atoms with Gasteiger partial charge in [-0.1, -0.05) is 60.5 Å². The molecule has 0 spiro atoms. The molecule has 0 bridgehead atoms. The summed E-state index contributed by atoms with van der Waals surface area (Å²) in [5, 5.41) is 5.06. The Hall–Kier alpha value is -3.69. The molecule has 1 aliphatic carbocycles. The molecule has 14 nitrogen and oxygen atoms in total. The number of ether oxygens (including phenoxy) is 2. The molecule has 3 amide bonds. The number of rotatable bonds is 19. The highest BCUT2D eigenvalue weighted by molar-refractivity contribution is 7.84. The average molecular weight is 777 g/mol. The lowest BCUT2D eigenvalue weighted by atomic mass is 9.87. The Bertz CT molecular complexity index is 1530. The predicted molar refractivity (Wildman–Crippen MR) is 210 cm³/mol. The van der Waals surface area contributed by atoms with Gasteiger partial charge in [-0.3, -0.25) is 24.0 Å². The molecule has 2 aromatic heterocycles. The fourth-order valence-corrected chi connectivity index (χ4v) is 7.20. The van der Waals surface area contributed by atoms with Crippen molar-refractivity contribution in [1.82, 2.24) is 29.6 Å². The molecule has 0 aromatic carbocycles. The van der Waals surface area contributed by atoms with Crippen molar-refractivity contribution in [3.63, 3.8) is 0 Å². The lowest BCUT2D eigenvalue weighted by molar-refractivity contribution is -0.134. The van der Waals surface area contributed by atoms with E-state index in [0.29, 0.717) is 38.5 Å². The maximum Gasteiger partial charge on any atom is 0.358 e. The number of aryl methyl sites for hydroxylation is 1. The highest BCUT2D eigenvalue weighted by Crippen LogP contribution is 2.27. The van der Waals surface area contributed by atoms with Crippen LogP contribution in [0.25, 0.3) is 5.65 Å². The molecule has 3 heterocycles. The fourth-order valence-electron chi connectivity index (χ4n) is 6.06. The fraction of sp³-hybridized carbons (Fsp3) is 0.692. The highest BCUT2D eigenvalue weighted by atomic mass is 32.2. The second-order valence-corrected chi connectivity index (χ2v) is 17.3. The number of nitrogens with zero attached hydrogens (tertiary/aromatic N) is 3. The van der Waals surface area contributed by atoms with E-state index in [4.69, 9.17) is 9.47 Å². The number of imidazole rings is 1. The molecule has 4 atom stereocenters. The number of hydrogen-bond donors (Lipinski definition) is 3. The van der Waals surface area contributed by atoms with Crippen LogP contribution in [-0.4, -0.2) is 106 Å². The molecule has 4 rings (SSSR count). The molecule has 15 heteroatoms. The Morgan fingerprint density at radius 3 is 2.37 bits per heavy atom. The van der Waals surface area contributed by atoms with Crippen LogP contribution in [-0.2, 0) is 46.1 Å². The summed E-state index contributed by atoms with van der Waals surface area (Å²) in [4.78, 5) is 64.6. The first kappa shape index (κ1) is 46.5. The van der Waals surface area contributed by atoms with Crippen molar-refractivity contribution in [2.75, 3.05) is 33.9 Å². The molecular formula is C39H64N6O8S. The van der Waals surface area contributed by atoms with Gasteiger partial charge >= 0.3 is 5.97 Å². The number of methoxy groups -OCH3 is 1. The third-order valence-electron chi connectivity index (χ3n) is 8.90. The van der Waals surface area contributed by atoms with Gasteiger partial charge in [0, 0.05) is 32.5 Å². The SMILES string of the molecule is CC(C)C.CCC[C@@](C)(NC(=O)C1C[C@@H](OC(=O)c2cn3cccc(CCCCC(C)(C)COC)c3n2)CN1C)C(=O)NS(=O)C1CC1.O=CCNC=O. The highest BCUT2D eigenvalue weighted by Gasteiger charge is 2.42. The van der Waals surface area contributed by atoms with E-state index in [1.807, 2.05) is 34.6 Å². The normalized spacial score (nSPS) is 18.6. The molecule has 2 fully saturated rings. The summed E-state index contributed by atoms with van der Waals surface area (Å²) >= 11 is 0. The van der Waals surface area contributed by atoms with E-state index in [0.717, 1.165) is 62.3 Å².